The predicted octanol–water partition coefficient (Wildman–Crippen LogP) is 2.63. The lowest BCUT2D eigenvalue weighted by Crippen LogP contribution is -2.48. The Balaban J connectivity index is 1.68. The van der Waals surface area contributed by atoms with Gasteiger partial charge in [-0.1, -0.05) is 6.07 Å². The van der Waals surface area contributed by atoms with E-state index in [2.05, 4.69) is 21.0 Å². The maximum Gasteiger partial charge on any atom is 0.416 e. The standard InChI is InChI=1S/C15H16BrF3N4O2S/c16-13-9-20-22(10-13)11-21-4-6-23(7-5-21)26(24,25)14-3-1-2-12(8-14)15(17,18)19/h1-3,8-10H,4-7,11H2. The molecule has 1 aromatic carbocycles. The molecule has 11 heteroatoms. The van der Waals surface area contributed by atoms with Gasteiger partial charge in [-0.3, -0.25) is 9.58 Å². The van der Waals surface area contributed by atoms with Crippen LogP contribution in [0.15, 0.2) is 46.0 Å². The third-order valence-electron chi connectivity index (χ3n) is 4.08. The normalized spacial score (nSPS) is 17.5. The molecular weight excluding hydrogens is 437 g/mol. The highest BCUT2D eigenvalue weighted by atomic mass is 79.9. The van der Waals surface area contributed by atoms with Crippen LogP contribution in [0.3, 0.4) is 0 Å². The molecule has 1 aliphatic heterocycles. The summed E-state index contributed by atoms with van der Waals surface area (Å²) in [6.07, 6.45) is -1.11. The molecule has 2 heterocycles. The van der Waals surface area contributed by atoms with Crippen LogP contribution >= 0.6 is 15.9 Å². The van der Waals surface area contributed by atoms with Gasteiger partial charge in [0, 0.05) is 32.4 Å². The fourth-order valence-corrected chi connectivity index (χ4v) is 4.51. The van der Waals surface area contributed by atoms with E-state index in [1.807, 2.05) is 11.1 Å². The van der Waals surface area contributed by atoms with Gasteiger partial charge in [0.15, 0.2) is 0 Å². The second kappa shape index (κ2) is 7.29. The number of benzene rings is 1. The van der Waals surface area contributed by atoms with Crippen LogP contribution in [0.25, 0.3) is 0 Å². The first-order chi connectivity index (χ1) is 12.2. The van der Waals surface area contributed by atoms with E-state index in [4.69, 9.17) is 0 Å². The number of alkyl halides is 3. The number of rotatable bonds is 4. The van der Waals surface area contributed by atoms with Gasteiger partial charge in [0.25, 0.3) is 0 Å². The van der Waals surface area contributed by atoms with Crippen molar-refractivity contribution in [1.29, 1.82) is 0 Å². The van der Waals surface area contributed by atoms with Gasteiger partial charge in [-0.15, -0.1) is 0 Å². The Morgan fingerprint density at radius 3 is 2.42 bits per heavy atom. The molecule has 0 unspecified atom stereocenters. The summed E-state index contributed by atoms with van der Waals surface area (Å²) in [5, 5.41) is 4.15. The first-order valence-electron chi connectivity index (χ1n) is 7.74. The summed E-state index contributed by atoms with van der Waals surface area (Å²) in [7, 11) is -3.96. The molecule has 2 aromatic rings. The average Bonchev–Trinajstić information content (AvgIpc) is 2.99. The smallest absolute Gasteiger partial charge is 0.282 e. The Kier molecular flexibility index (Phi) is 5.42. The maximum atomic E-state index is 12.8. The molecule has 142 valence electrons. The van der Waals surface area contributed by atoms with Crippen molar-refractivity contribution in [2.45, 2.75) is 17.7 Å². The van der Waals surface area contributed by atoms with Gasteiger partial charge in [0.2, 0.25) is 10.0 Å². The van der Waals surface area contributed by atoms with E-state index in [-0.39, 0.29) is 18.0 Å². The van der Waals surface area contributed by atoms with Gasteiger partial charge in [0.1, 0.15) is 0 Å². The van der Waals surface area contributed by atoms with Crippen LogP contribution in [0.1, 0.15) is 5.56 Å². The van der Waals surface area contributed by atoms with Gasteiger partial charge >= 0.3 is 6.18 Å². The van der Waals surface area contributed by atoms with Crippen molar-refractivity contribution in [3.05, 3.63) is 46.7 Å². The molecule has 0 aliphatic carbocycles. The van der Waals surface area contributed by atoms with Gasteiger partial charge in [0.05, 0.1) is 27.8 Å². The molecule has 0 radical (unpaired) electrons. The van der Waals surface area contributed by atoms with Crippen LogP contribution in [0.5, 0.6) is 0 Å². The summed E-state index contributed by atoms with van der Waals surface area (Å²) >= 11 is 3.31. The van der Waals surface area contributed by atoms with Crippen LogP contribution in [0, 0.1) is 0 Å². The largest absolute Gasteiger partial charge is 0.416 e. The summed E-state index contributed by atoms with van der Waals surface area (Å²) < 4.78 is 67.6. The number of aromatic nitrogens is 2. The first-order valence-corrected chi connectivity index (χ1v) is 9.97. The first kappa shape index (κ1) is 19.3. The summed E-state index contributed by atoms with van der Waals surface area (Å²) in [5.74, 6) is 0. The molecule has 1 fully saturated rings. The quantitative estimate of drug-likeness (QED) is 0.715. The van der Waals surface area contributed by atoms with Crippen LogP contribution in [-0.2, 0) is 22.9 Å². The molecule has 0 N–H and O–H groups in total. The third kappa shape index (κ3) is 4.27. The molecule has 0 atom stereocenters. The average molecular weight is 453 g/mol. The Labute approximate surface area is 157 Å². The fourth-order valence-electron chi connectivity index (χ4n) is 2.71. The SMILES string of the molecule is O=S(=O)(c1cccc(C(F)(F)F)c1)N1CCN(Cn2cc(Br)cn2)CC1. The predicted molar refractivity (Wildman–Crippen MR) is 91.7 cm³/mol. The number of hydrogen-bond donors (Lipinski definition) is 0. The summed E-state index contributed by atoms with van der Waals surface area (Å²) in [6, 6.07) is 3.85. The van der Waals surface area contributed by atoms with Crippen molar-refractivity contribution in [2.75, 3.05) is 26.2 Å². The highest BCUT2D eigenvalue weighted by Gasteiger charge is 2.34. The highest BCUT2D eigenvalue weighted by molar-refractivity contribution is 9.10. The van der Waals surface area contributed by atoms with Crippen molar-refractivity contribution in [3.63, 3.8) is 0 Å². The Morgan fingerprint density at radius 2 is 1.85 bits per heavy atom. The number of sulfonamides is 1. The van der Waals surface area contributed by atoms with E-state index < -0.39 is 21.8 Å². The molecule has 1 saturated heterocycles. The summed E-state index contributed by atoms with van der Waals surface area (Å²) in [6.45, 7) is 1.87. The zero-order valence-electron chi connectivity index (χ0n) is 13.5. The van der Waals surface area contributed by atoms with Crippen molar-refractivity contribution in [3.8, 4) is 0 Å². The van der Waals surface area contributed by atoms with E-state index in [9.17, 15) is 21.6 Å². The molecule has 0 bridgehead atoms. The minimum absolute atomic E-state index is 0.209. The van der Waals surface area contributed by atoms with Crippen molar-refractivity contribution in [1.82, 2.24) is 19.0 Å². The molecular formula is C15H16BrF3N4O2S. The van der Waals surface area contributed by atoms with E-state index in [1.54, 1.807) is 10.9 Å². The second-order valence-corrected chi connectivity index (χ2v) is 8.74. The molecule has 0 amide bonds. The highest BCUT2D eigenvalue weighted by Crippen LogP contribution is 2.31. The molecule has 26 heavy (non-hydrogen) atoms. The monoisotopic (exact) mass is 452 g/mol. The van der Waals surface area contributed by atoms with Crippen LogP contribution < -0.4 is 0 Å². The molecule has 3 rings (SSSR count). The fraction of sp³-hybridized carbons (Fsp3) is 0.400. The number of piperazine rings is 1. The molecule has 6 nitrogen and oxygen atoms in total. The minimum Gasteiger partial charge on any atom is -0.282 e. The van der Waals surface area contributed by atoms with Crippen LogP contribution in [0.2, 0.25) is 0 Å². The van der Waals surface area contributed by atoms with Gasteiger partial charge in [-0.05, 0) is 34.1 Å². The lowest BCUT2D eigenvalue weighted by molar-refractivity contribution is -0.137. The lowest BCUT2D eigenvalue weighted by Gasteiger charge is -2.33. The minimum atomic E-state index is -4.58. The molecule has 1 aliphatic rings. The topological polar surface area (TPSA) is 58.4 Å². The summed E-state index contributed by atoms with van der Waals surface area (Å²) in [4.78, 5) is 1.69. The zero-order valence-corrected chi connectivity index (χ0v) is 15.9. The summed E-state index contributed by atoms with van der Waals surface area (Å²) in [5.41, 5.74) is -0.971. The van der Waals surface area contributed by atoms with Gasteiger partial charge < -0.3 is 0 Å². The third-order valence-corrected chi connectivity index (χ3v) is 6.38. The molecule has 0 saturated carbocycles. The van der Waals surface area contributed by atoms with Gasteiger partial charge in [-0.2, -0.15) is 22.6 Å². The maximum absolute atomic E-state index is 12.8. The van der Waals surface area contributed by atoms with Crippen LogP contribution in [0.4, 0.5) is 13.2 Å². The van der Waals surface area contributed by atoms with Crippen molar-refractivity contribution >= 4 is 26.0 Å². The number of nitrogens with zero attached hydrogens (tertiary/aromatic N) is 4. The van der Waals surface area contributed by atoms with E-state index >= 15 is 0 Å². The van der Waals surface area contributed by atoms with Crippen molar-refractivity contribution in [2.24, 2.45) is 0 Å². The Bertz CT molecular complexity index is 877. The lowest BCUT2D eigenvalue weighted by atomic mass is 10.2. The zero-order chi connectivity index (χ0) is 18.9. The molecule has 0 spiro atoms. The number of halogens is 4. The van der Waals surface area contributed by atoms with Crippen LogP contribution in [-0.4, -0.2) is 53.6 Å². The second-order valence-electron chi connectivity index (χ2n) is 5.89. The van der Waals surface area contributed by atoms with Crippen molar-refractivity contribution < 1.29 is 21.6 Å². The van der Waals surface area contributed by atoms with E-state index in [0.29, 0.717) is 25.8 Å². The Hall–Kier alpha value is -1.43. The van der Waals surface area contributed by atoms with Gasteiger partial charge in [-0.25, -0.2) is 8.42 Å². The Morgan fingerprint density at radius 1 is 1.15 bits per heavy atom. The number of hydrogen-bond acceptors (Lipinski definition) is 4. The molecule has 1 aromatic heterocycles. The van der Waals surface area contributed by atoms with E-state index in [1.165, 1.54) is 10.4 Å². The van der Waals surface area contributed by atoms with E-state index in [0.717, 1.165) is 16.6 Å².